The van der Waals surface area contributed by atoms with Crippen molar-refractivity contribution in [1.82, 2.24) is 0 Å². The van der Waals surface area contributed by atoms with Crippen LogP contribution in [0.1, 0.15) is 38.3 Å². The maximum atomic E-state index is 6.16. The lowest BCUT2D eigenvalue weighted by atomic mass is 9.91. The van der Waals surface area contributed by atoms with Gasteiger partial charge < -0.3 is 15.2 Å². The molecular weight excluding hydrogens is 306 g/mol. The van der Waals surface area contributed by atoms with E-state index >= 15 is 0 Å². The van der Waals surface area contributed by atoms with Crippen molar-refractivity contribution in [3.05, 3.63) is 21.7 Å². The molecule has 0 bridgehead atoms. The highest BCUT2D eigenvalue weighted by Crippen LogP contribution is 2.42. The van der Waals surface area contributed by atoms with Crippen molar-refractivity contribution in [1.29, 1.82) is 0 Å². The van der Waals surface area contributed by atoms with E-state index in [1.54, 1.807) is 0 Å². The fourth-order valence-electron chi connectivity index (χ4n) is 2.43. The van der Waals surface area contributed by atoms with Crippen LogP contribution in [-0.2, 0) is 12.8 Å². The van der Waals surface area contributed by atoms with Gasteiger partial charge in [-0.15, -0.1) is 0 Å². The van der Waals surface area contributed by atoms with Gasteiger partial charge >= 0.3 is 0 Å². The van der Waals surface area contributed by atoms with Crippen LogP contribution in [0.5, 0.6) is 11.5 Å². The van der Waals surface area contributed by atoms with Gasteiger partial charge in [-0.3, -0.25) is 0 Å². The van der Waals surface area contributed by atoms with Crippen LogP contribution in [0.15, 0.2) is 10.5 Å². The Balaban J connectivity index is 2.51. The van der Waals surface area contributed by atoms with E-state index in [4.69, 9.17) is 15.2 Å². The quantitative estimate of drug-likeness (QED) is 0.924. The number of rotatable bonds is 3. The highest BCUT2D eigenvalue weighted by molar-refractivity contribution is 9.10. The average molecular weight is 328 g/mol. The first-order chi connectivity index (χ1) is 8.92. The van der Waals surface area contributed by atoms with Crippen molar-refractivity contribution in [2.24, 2.45) is 5.73 Å². The first kappa shape index (κ1) is 14.7. The molecule has 3 nitrogen and oxygen atoms in total. The molecule has 2 rings (SSSR count). The molecule has 1 aromatic rings. The molecule has 0 unspecified atom stereocenters. The Labute approximate surface area is 123 Å². The van der Waals surface area contributed by atoms with Crippen LogP contribution in [0, 0.1) is 0 Å². The number of hydrogen-bond donors (Lipinski definition) is 1. The summed E-state index contributed by atoms with van der Waals surface area (Å²) >= 11 is 3.59. The minimum atomic E-state index is -0.233. The van der Waals surface area contributed by atoms with E-state index in [-0.39, 0.29) is 5.54 Å². The van der Waals surface area contributed by atoms with Crippen molar-refractivity contribution < 1.29 is 9.47 Å². The topological polar surface area (TPSA) is 44.5 Å². The number of fused-ring (bicyclic) bond motifs is 1. The summed E-state index contributed by atoms with van der Waals surface area (Å²) in [6.07, 6.45) is 2.66. The van der Waals surface area contributed by atoms with Crippen LogP contribution in [0.2, 0.25) is 0 Å². The Kier molecular flexibility index (Phi) is 4.41. The summed E-state index contributed by atoms with van der Waals surface area (Å²) < 4.78 is 12.7. The molecule has 19 heavy (non-hydrogen) atoms. The molecule has 4 heteroatoms. The minimum Gasteiger partial charge on any atom is -0.489 e. The summed E-state index contributed by atoms with van der Waals surface area (Å²) in [7, 11) is 0. The van der Waals surface area contributed by atoms with E-state index in [0.717, 1.165) is 35.2 Å². The van der Waals surface area contributed by atoms with E-state index in [2.05, 4.69) is 28.9 Å². The van der Waals surface area contributed by atoms with Gasteiger partial charge in [0.2, 0.25) is 0 Å². The van der Waals surface area contributed by atoms with E-state index < -0.39 is 0 Å². The Morgan fingerprint density at radius 1 is 1.26 bits per heavy atom. The lowest BCUT2D eigenvalue weighted by molar-refractivity contribution is 0.295. The maximum absolute atomic E-state index is 6.16. The molecule has 1 aromatic carbocycles. The summed E-state index contributed by atoms with van der Waals surface area (Å²) in [5.41, 5.74) is 8.39. The maximum Gasteiger partial charge on any atom is 0.175 e. The van der Waals surface area contributed by atoms with Gasteiger partial charge in [0.15, 0.2) is 11.5 Å². The fourth-order valence-corrected chi connectivity index (χ4v) is 3.00. The molecule has 0 fully saturated rings. The number of benzene rings is 1. The largest absolute Gasteiger partial charge is 0.489 e. The zero-order valence-corrected chi connectivity index (χ0v) is 13.5. The highest BCUT2D eigenvalue weighted by atomic mass is 79.9. The van der Waals surface area contributed by atoms with Gasteiger partial charge in [-0.1, -0.05) is 6.92 Å². The van der Waals surface area contributed by atoms with Crippen LogP contribution in [0.3, 0.4) is 0 Å². The summed E-state index contributed by atoms with van der Waals surface area (Å²) in [6.45, 7) is 7.65. The van der Waals surface area contributed by atoms with Crippen LogP contribution in [-0.4, -0.2) is 18.8 Å². The molecule has 1 aliphatic rings. The Morgan fingerprint density at radius 3 is 2.47 bits per heavy atom. The molecule has 0 atom stereocenters. The second kappa shape index (κ2) is 5.71. The van der Waals surface area contributed by atoms with Gasteiger partial charge in [0.25, 0.3) is 0 Å². The molecule has 0 aliphatic carbocycles. The lowest BCUT2D eigenvalue weighted by Crippen LogP contribution is -2.34. The summed E-state index contributed by atoms with van der Waals surface area (Å²) in [5.74, 6) is 1.74. The molecular formula is C15H22BrNO2. The van der Waals surface area contributed by atoms with Crippen LogP contribution in [0.4, 0.5) is 0 Å². The molecule has 0 radical (unpaired) electrons. The number of halogens is 1. The molecule has 0 aromatic heterocycles. The number of hydrogen-bond acceptors (Lipinski definition) is 3. The average Bonchev–Trinajstić information content (AvgIpc) is 2.53. The van der Waals surface area contributed by atoms with Gasteiger partial charge in [0.1, 0.15) is 0 Å². The van der Waals surface area contributed by atoms with Crippen molar-refractivity contribution in [2.45, 2.75) is 45.6 Å². The van der Waals surface area contributed by atoms with Crippen molar-refractivity contribution in [2.75, 3.05) is 13.2 Å². The van der Waals surface area contributed by atoms with Crippen molar-refractivity contribution in [3.8, 4) is 11.5 Å². The first-order valence-corrected chi connectivity index (χ1v) is 7.60. The third-order valence-corrected chi connectivity index (χ3v) is 3.76. The van der Waals surface area contributed by atoms with Crippen molar-refractivity contribution in [3.63, 3.8) is 0 Å². The predicted octanol–water partition coefficient (Wildman–Crippen LogP) is 3.45. The SMILES string of the molecule is CCc1c(CC(C)(C)N)cc(Br)c2c1OCCCO2. The molecule has 0 amide bonds. The van der Waals surface area contributed by atoms with Crippen LogP contribution in [0.25, 0.3) is 0 Å². The zero-order valence-electron chi connectivity index (χ0n) is 11.9. The lowest BCUT2D eigenvalue weighted by Gasteiger charge is -2.23. The van der Waals surface area contributed by atoms with Gasteiger partial charge in [-0.25, -0.2) is 0 Å². The monoisotopic (exact) mass is 327 g/mol. The first-order valence-electron chi connectivity index (χ1n) is 6.81. The van der Waals surface area contributed by atoms with Gasteiger partial charge in [-0.05, 0) is 54.2 Å². The molecule has 1 heterocycles. The van der Waals surface area contributed by atoms with Crippen LogP contribution < -0.4 is 15.2 Å². The van der Waals surface area contributed by atoms with Gasteiger partial charge in [0, 0.05) is 17.5 Å². The molecule has 2 N–H and O–H groups in total. The third-order valence-electron chi connectivity index (χ3n) is 3.17. The van der Waals surface area contributed by atoms with Gasteiger partial charge in [0.05, 0.1) is 17.7 Å². The zero-order chi connectivity index (χ0) is 14.0. The van der Waals surface area contributed by atoms with E-state index in [9.17, 15) is 0 Å². The third kappa shape index (κ3) is 3.42. The summed E-state index contributed by atoms with van der Waals surface area (Å²) in [4.78, 5) is 0. The summed E-state index contributed by atoms with van der Waals surface area (Å²) in [5, 5.41) is 0. The fraction of sp³-hybridized carbons (Fsp3) is 0.600. The second-order valence-electron chi connectivity index (χ2n) is 5.72. The molecule has 0 spiro atoms. The minimum absolute atomic E-state index is 0.233. The normalized spacial score (nSPS) is 15.2. The highest BCUT2D eigenvalue weighted by Gasteiger charge is 2.23. The Bertz CT molecular complexity index is 466. The van der Waals surface area contributed by atoms with E-state index in [1.807, 2.05) is 13.8 Å². The molecule has 1 aliphatic heterocycles. The van der Waals surface area contributed by atoms with Crippen molar-refractivity contribution >= 4 is 15.9 Å². The standard InChI is InChI=1S/C15H22BrNO2/c1-4-11-10(9-15(2,3)17)8-12(16)14-13(11)18-6-5-7-19-14/h8H,4-7,9,17H2,1-3H3. The number of ether oxygens (including phenoxy) is 2. The smallest absolute Gasteiger partial charge is 0.175 e. The van der Waals surface area contributed by atoms with E-state index in [0.29, 0.717) is 13.2 Å². The number of nitrogens with two attached hydrogens (primary N) is 1. The second-order valence-corrected chi connectivity index (χ2v) is 6.58. The predicted molar refractivity (Wildman–Crippen MR) is 81.1 cm³/mol. The molecule has 106 valence electrons. The Morgan fingerprint density at radius 2 is 1.89 bits per heavy atom. The van der Waals surface area contributed by atoms with Gasteiger partial charge in [-0.2, -0.15) is 0 Å². The Hall–Kier alpha value is -0.740. The molecule has 0 saturated carbocycles. The molecule has 0 saturated heterocycles. The summed E-state index contributed by atoms with van der Waals surface area (Å²) in [6, 6.07) is 2.13. The van der Waals surface area contributed by atoms with Crippen LogP contribution >= 0.6 is 15.9 Å². The van der Waals surface area contributed by atoms with E-state index in [1.165, 1.54) is 11.1 Å².